The van der Waals surface area contributed by atoms with Crippen LogP contribution in [0.5, 0.6) is 0 Å². The Morgan fingerprint density at radius 2 is 1.78 bits per heavy atom. The number of esters is 1. The molecule has 0 rings (SSSR count). The van der Waals surface area contributed by atoms with E-state index in [4.69, 9.17) is 19.3 Å². The molecular formula is C12H26O6. The molecule has 0 aromatic heterocycles. The number of rotatable bonds is 9. The Kier molecular flexibility index (Phi) is 17.8. The zero-order chi connectivity index (χ0) is 14.2. The van der Waals surface area contributed by atoms with Crippen molar-refractivity contribution in [2.24, 2.45) is 0 Å². The van der Waals surface area contributed by atoms with Crippen molar-refractivity contribution in [3.05, 3.63) is 0 Å². The Hall–Kier alpha value is -0.690. The number of hydrogen-bond donors (Lipinski definition) is 1. The van der Waals surface area contributed by atoms with Gasteiger partial charge in [0.1, 0.15) is 6.61 Å². The quantitative estimate of drug-likeness (QED) is 0.487. The molecule has 6 heteroatoms. The van der Waals surface area contributed by atoms with E-state index >= 15 is 0 Å². The van der Waals surface area contributed by atoms with Crippen LogP contribution in [0.4, 0.5) is 0 Å². The molecule has 0 aromatic carbocycles. The number of methoxy groups -OCH3 is 1. The van der Waals surface area contributed by atoms with Gasteiger partial charge in [-0.05, 0) is 13.8 Å². The highest BCUT2D eigenvalue weighted by atomic mass is 16.6. The summed E-state index contributed by atoms with van der Waals surface area (Å²) in [7, 11) is 1.61. The minimum Gasteiger partial charge on any atom is -0.463 e. The summed E-state index contributed by atoms with van der Waals surface area (Å²) < 4.78 is 19.2. The standard InChI is InChI=1S/C7H14O4.C5H12O2/c1-7(8)11-6-5-10-4-3-9-2;1-3-7-4-5(2)6/h3-6H2,1-2H3;5-6H,3-4H2,1-2H3. The van der Waals surface area contributed by atoms with Gasteiger partial charge in [0.2, 0.25) is 0 Å². The van der Waals surface area contributed by atoms with Gasteiger partial charge in [-0.3, -0.25) is 4.79 Å². The lowest BCUT2D eigenvalue weighted by Crippen LogP contribution is -2.10. The van der Waals surface area contributed by atoms with Crippen molar-refractivity contribution in [1.29, 1.82) is 0 Å². The first kappa shape index (κ1) is 19.6. The van der Waals surface area contributed by atoms with Crippen LogP contribution in [0, 0.1) is 0 Å². The van der Waals surface area contributed by atoms with Crippen LogP contribution in [0.2, 0.25) is 0 Å². The van der Waals surface area contributed by atoms with Crippen LogP contribution in [-0.2, 0) is 23.7 Å². The highest BCUT2D eigenvalue weighted by molar-refractivity contribution is 5.65. The SMILES string of the molecule is CCOCC(C)O.COCCOCCOC(C)=O. The van der Waals surface area contributed by atoms with Gasteiger partial charge >= 0.3 is 5.97 Å². The average Bonchev–Trinajstić information content (AvgIpc) is 2.31. The van der Waals surface area contributed by atoms with Gasteiger partial charge in [0.25, 0.3) is 0 Å². The lowest BCUT2D eigenvalue weighted by atomic mass is 10.4. The van der Waals surface area contributed by atoms with E-state index in [1.807, 2.05) is 6.92 Å². The number of aliphatic hydroxyl groups is 1. The number of aliphatic hydroxyl groups excluding tert-OH is 1. The molecule has 1 unspecified atom stereocenters. The van der Waals surface area contributed by atoms with Crippen molar-refractivity contribution in [3.8, 4) is 0 Å². The molecule has 0 spiro atoms. The summed E-state index contributed by atoms with van der Waals surface area (Å²) in [4.78, 5) is 10.2. The second kappa shape index (κ2) is 16.3. The molecule has 0 heterocycles. The minimum absolute atomic E-state index is 0.277. The first-order valence-electron chi connectivity index (χ1n) is 6.00. The van der Waals surface area contributed by atoms with Gasteiger partial charge in [-0.15, -0.1) is 0 Å². The summed E-state index contributed by atoms with van der Waals surface area (Å²) in [6.45, 7) is 7.98. The predicted molar refractivity (Wildman–Crippen MR) is 67.5 cm³/mol. The van der Waals surface area contributed by atoms with Gasteiger partial charge in [-0.1, -0.05) is 0 Å². The summed E-state index contributed by atoms with van der Waals surface area (Å²) in [6.07, 6.45) is -0.319. The Bertz CT molecular complexity index is 172. The van der Waals surface area contributed by atoms with Crippen molar-refractivity contribution in [3.63, 3.8) is 0 Å². The summed E-state index contributed by atoms with van der Waals surface area (Å²) in [6, 6.07) is 0. The third-order valence-corrected chi connectivity index (χ3v) is 1.53. The van der Waals surface area contributed by atoms with E-state index < -0.39 is 0 Å². The average molecular weight is 266 g/mol. The minimum atomic E-state index is -0.319. The Labute approximate surface area is 109 Å². The van der Waals surface area contributed by atoms with Crippen molar-refractivity contribution in [1.82, 2.24) is 0 Å². The van der Waals surface area contributed by atoms with Crippen molar-refractivity contribution in [2.75, 3.05) is 46.8 Å². The maximum atomic E-state index is 10.2. The van der Waals surface area contributed by atoms with Crippen LogP contribution >= 0.6 is 0 Å². The number of hydrogen-bond acceptors (Lipinski definition) is 6. The van der Waals surface area contributed by atoms with E-state index in [1.165, 1.54) is 6.92 Å². The number of carbonyl (C=O) groups excluding carboxylic acids is 1. The van der Waals surface area contributed by atoms with E-state index in [9.17, 15) is 4.79 Å². The molecule has 0 aliphatic heterocycles. The van der Waals surface area contributed by atoms with Gasteiger partial charge in [-0.2, -0.15) is 0 Å². The monoisotopic (exact) mass is 266 g/mol. The van der Waals surface area contributed by atoms with Crippen LogP contribution in [0.15, 0.2) is 0 Å². The predicted octanol–water partition coefficient (Wildman–Crippen LogP) is 0.616. The Morgan fingerprint density at radius 1 is 1.17 bits per heavy atom. The molecule has 0 radical (unpaired) electrons. The molecule has 110 valence electrons. The fraction of sp³-hybridized carbons (Fsp3) is 0.917. The van der Waals surface area contributed by atoms with Crippen molar-refractivity contribution < 1.29 is 28.8 Å². The molecular weight excluding hydrogens is 240 g/mol. The smallest absolute Gasteiger partial charge is 0.302 e. The molecule has 0 aliphatic carbocycles. The van der Waals surface area contributed by atoms with Gasteiger partial charge in [-0.25, -0.2) is 0 Å². The van der Waals surface area contributed by atoms with E-state index in [0.29, 0.717) is 39.6 Å². The molecule has 0 aromatic rings. The molecule has 0 amide bonds. The van der Waals surface area contributed by atoms with E-state index in [1.54, 1.807) is 14.0 Å². The molecule has 1 N–H and O–H groups in total. The summed E-state index contributed by atoms with van der Waals surface area (Å²) in [5.74, 6) is -0.277. The largest absolute Gasteiger partial charge is 0.463 e. The molecule has 1 atom stereocenters. The first-order valence-corrected chi connectivity index (χ1v) is 6.00. The zero-order valence-corrected chi connectivity index (χ0v) is 11.8. The number of ether oxygens (including phenoxy) is 4. The van der Waals surface area contributed by atoms with Crippen molar-refractivity contribution >= 4 is 5.97 Å². The molecule has 18 heavy (non-hydrogen) atoms. The topological polar surface area (TPSA) is 74.2 Å². The number of carbonyl (C=O) groups is 1. The molecule has 0 fully saturated rings. The van der Waals surface area contributed by atoms with Gasteiger partial charge in [0.05, 0.1) is 32.5 Å². The fourth-order valence-corrected chi connectivity index (χ4v) is 0.777. The van der Waals surface area contributed by atoms with Gasteiger partial charge in [0.15, 0.2) is 0 Å². The Balaban J connectivity index is 0. The van der Waals surface area contributed by atoms with Crippen LogP contribution in [0.25, 0.3) is 0 Å². The van der Waals surface area contributed by atoms with Crippen molar-refractivity contribution in [2.45, 2.75) is 26.9 Å². The second-order valence-corrected chi connectivity index (χ2v) is 3.45. The first-order chi connectivity index (χ1) is 8.54. The third kappa shape index (κ3) is 24.5. The van der Waals surface area contributed by atoms with Crippen LogP contribution in [-0.4, -0.2) is 63.9 Å². The lowest BCUT2D eigenvalue weighted by Gasteiger charge is -2.02. The normalized spacial score (nSPS) is 11.4. The molecule has 0 saturated carbocycles. The second-order valence-electron chi connectivity index (χ2n) is 3.45. The molecule has 0 aliphatic rings. The highest BCUT2D eigenvalue weighted by Gasteiger charge is 1.91. The van der Waals surface area contributed by atoms with Gasteiger partial charge in [0, 0.05) is 20.6 Å². The fourth-order valence-electron chi connectivity index (χ4n) is 0.777. The third-order valence-electron chi connectivity index (χ3n) is 1.53. The van der Waals surface area contributed by atoms with E-state index in [-0.39, 0.29) is 12.1 Å². The maximum Gasteiger partial charge on any atom is 0.302 e. The van der Waals surface area contributed by atoms with Crippen LogP contribution < -0.4 is 0 Å². The zero-order valence-electron chi connectivity index (χ0n) is 11.8. The van der Waals surface area contributed by atoms with Gasteiger partial charge < -0.3 is 24.1 Å². The maximum absolute atomic E-state index is 10.2. The lowest BCUT2D eigenvalue weighted by molar-refractivity contribution is -0.142. The summed E-state index contributed by atoms with van der Waals surface area (Å²) in [5, 5.41) is 8.56. The van der Waals surface area contributed by atoms with Crippen LogP contribution in [0.1, 0.15) is 20.8 Å². The summed E-state index contributed by atoms with van der Waals surface area (Å²) in [5.41, 5.74) is 0. The molecule has 0 saturated heterocycles. The summed E-state index contributed by atoms with van der Waals surface area (Å²) >= 11 is 0. The molecule has 6 nitrogen and oxygen atoms in total. The highest BCUT2D eigenvalue weighted by Crippen LogP contribution is 1.80. The van der Waals surface area contributed by atoms with E-state index in [0.717, 1.165) is 0 Å². The Morgan fingerprint density at radius 3 is 2.17 bits per heavy atom. The molecule has 0 bridgehead atoms. The van der Waals surface area contributed by atoms with Crippen LogP contribution in [0.3, 0.4) is 0 Å². The van der Waals surface area contributed by atoms with E-state index in [2.05, 4.69) is 4.74 Å².